The van der Waals surface area contributed by atoms with Gasteiger partial charge in [-0.1, -0.05) is 12.8 Å². The number of nitrogens with one attached hydrogen (secondary N) is 1. The fourth-order valence-corrected chi connectivity index (χ4v) is 3.61. The van der Waals surface area contributed by atoms with Crippen molar-refractivity contribution < 1.29 is 14.3 Å². The molecule has 2 heterocycles. The van der Waals surface area contributed by atoms with E-state index in [9.17, 15) is 4.79 Å². The quantitative estimate of drug-likeness (QED) is 0.760. The first kappa shape index (κ1) is 18.1. The van der Waals surface area contributed by atoms with Crippen LogP contribution in [0.1, 0.15) is 44.0 Å². The molecule has 0 spiro atoms. The van der Waals surface area contributed by atoms with Gasteiger partial charge in [0, 0.05) is 32.8 Å². The van der Waals surface area contributed by atoms with Crippen molar-refractivity contribution in [2.45, 2.75) is 38.1 Å². The van der Waals surface area contributed by atoms with E-state index in [1.165, 1.54) is 25.7 Å². The van der Waals surface area contributed by atoms with Crippen LogP contribution in [0.5, 0.6) is 0 Å². The molecule has 1 atom stereocenters. The summed E-state index contributed by atoms with van der Waals surface area (Å²) < 4.78 is 10.7. The van der Waals surface area contributed by atoms with Gasteiger partial charge in [-0.25, -0.2) is 9.97 Å². The van der Waals surface area contributed by atoms with Crippen LogP contribution in [0.25, 0.3) is 0 Å². The predicted molar refractivity (Wildman–Crippen MR) is 94.2 cm³/mol. The normalized spacial score (nSPS) is 21.5. The van der Waals surface area contributed by atoms with Gasteiger partial charge in [-0.3, -0.25) is 4.79 Å². The summed E-state index contributed by atoms with van der Waals surface area (Å²) in [6.45, 7) is 2.94. The number of hydrogen-bond acceptors (Lipinski definition) is 6. The summed E-state index contributed by atoms with van der Waals surface area (Å²) in [7, 11) is 1.67. The Labute approximate surface area is 149 Å². The van der Waals surface area contributed by atoms with Crippen molar-refractivity contribution in [1.29, 1.82) is 0 Å². The second-order valence-electron chi connectivity index (χ2n) is 6.75. The second kappa shape index (κ2) is 9.10. The Kier molecular flexibility index (Phi) is 6.58. The first-order valence-corrected chi connectivity index (χ1v) is 9.21. The molecule has 7 heteroatoms. The van der Waals surface area contributed by atoms with Crippen molar-refractivity contribution in [2.24, 2.45) is 5.92 Å². The molecule has 7 nitrogen and oxygen atoms in total. The summed E-state index contributed by atoms with van der Waals surface area (Å²) in [5, 5.41) is 3.21. The van der Waals surface area contributed by atoms with Gasteiger partial charge in [-0.15, -0.1) is 0 Å². The molecule has 0 unspecified atom stereocenters. The summed E-state index contributed by atoms with van der Waals surface area (Å²) in [4.78, 5) is 23.7. The van der Waals surface area contributed by atoms with Crippen LogP contribution in [0.15, 0.2) is 12.3 Å². The number of ether oxygens (including phenoxy) is 2. The number of hydrogen-bond donors (Lipinski definition) is 1. The maximum absolute atomic E-state index is 12.8. The van der Waals surface area contributed by atoms with E-state index in [4.69, 9.17) is 9.47 Å². The Bertz CT molecular complexity index is 563. The highest BCUT2D eigenvalue weighted by atomic mass is 16.5. The lowest BCUT2D eigenvalue weighted by Crippen LogP contribution is -2.44. The molecule has 1 aromatic rings. The van der Waals surface area contributed by atoms with Crippen molar-refractivity contribution in [3.05, 3.63) is 18.1 Å². The second-order valence-corrected chi connectivity index (χ2v) is 6.75. The molecule has 1 saturated heterocycles. The number of morpholine rings is 1. The zero-order valence-electron chi connectivity index (χ0n) is 14.9. The first-order chi connectivity index (χ1) is 12.3. The Morgan fingerprint density at radius 1 is 1.44 bits per heavy atom. The van der Waals surface area contributed by atoms with E-state index in [1.54, 1.807) is 13.3 Å². The Hall–Kier alpha value is -1.73. The molecule has 2 aliphatic rings. The molecule has 1 N–H and O–H groups in total. The van der Waals surface area contributed by atoms with Crippen molar-refractivity contribution in [3.63, 3.8) is 0 Å². The fraction of sp³-hybridized carbons (Fsp3) is 0.722. The maximum Gasteiger partial charge on any atom is 0.223 e. The Morgan fingerprint density at radius 2 is 2.28 bits per heavy atom. The van der Waals surface area contributed by atoms with E-state index < -0.39 is 0 Å². The SMILES string of the molecule is COCCNc1ccnc([C@H]2COCCN2C(=O)CC2CCCC2)n1. The van der Waals surface area contributed by atoms with Gasteiger partial charge in [0.2, 0.25) is 5.91 Å². The Balaban J connectivity index is 1.67. The highest BCUT2D eigenvalue weighted by Crippen LogP contribution is 2.30. The van der Waals surface area contributed by atoms with E-state index in [-0.39, 0.29) is 11.9 Å². The summed E-state index contributed by atoms with van der Waals surface area (Å²) >= 11 is 0. The molecule has 0 radical (unpaired) electrons. The van der Waals surface area contributed by atoms with Gasteiger partial charge in [-0.2, -0.15) is 0 Å². The standard InChI is InChI=1S/C18H28N4O3/c1-24-10-8-19-16-6-7-20-18(21-16)15-13-25-11-9-22(15)17(23)12-14-4-2-3-5-14/h6-7,14-15H,2-5,8-13H2,1H3,(H,19,20,21)/t15-/m1/s1. The van der Waals surface area contributed by atoms with Gasteiger partial charge in [0.1, 0.15) is 11.9 Å². The van der Waals surface area contributed by atoms with Crippen LogP contribution in [-0.4, -0.2) is 60.8 Å². The van der Waals surface area contributed by atoms with Gasteiger partial charge >= 0.3 is 0 Å². The average Bonchev–Trinajstić information content (AvgIpc) is 3.15. The zero-order chi connectivity index (χ0) is 17.5. The van der Waals surface area contributed by atoms with E-state index in [0.29, 0.717) is 51.1 Å². The minimum Gasteiger partial charge on any atom is -0.383 e. The average molecular weight is 348 g/mol. The summed E-state index contributed by atoms with van der Waals surface area (Å²) in [6.07, 6.45) is 7.23. The third kappa shape index (κ3) is 4.89. The molecule has 1 saturated carbocycles. The zero-order valence-corrected chi connectivity index (χ0v) is 14.9. The highest BCUT2D eigenvalue weighted by Gasteiger charge is 2.32. The summed E-state index contributed by atoms with van der Waals surface area (Å²) in [5.41, 5.74) is 0. The number of rotatable bonds is 7. The smallest absolute Gasteiger partial charge is 0.223 e. The molecule has 3 rings (SSSR count). The lowest BCUT2D eigenvalue weighted by molar-refractivity contribution is -0.141. The molecule has 1 aliphatic carbocycles. The predicted octanol–water partition coefficient (Wildman–Crippen LogP) is 2.02. The monoisotopic (exact) mass is 348 g/mol. The minimum absolute atomic E-state index is 0.202. The number of nitrogens with zero attached hydrogens (tertiary/aromatic N) is 3. The number of amides is 1. The molecule has 0 aromatic carbocycles. The third-order valence-electron chi connectivity index (χ3n) is 4.97. The van der Waals surface area contributed by atoms with Gasteiger partial charge in [0.05, 0.1) is 19.8 Å². The van der Waals surface area contributed by atoms with Crippen LogP contribution in [0, 0.1) is 5.92 Å². The van der Waals surface area contributed by atoms with Crippen LogP contribution in [0.3, 0.4) is 0 Å². The van der Waals surface area contributed by atoms with E-state index in [2.05, 4.69) is 15.3 Å². The van der Waals surface area contributed by atoms with Crippen LogP contribution >= 0.6 is 0 Å². The topological polar surface area (TPSA) is 76.6 Å². The molecular formula is C18H28N4O3. The number of methoxy groups -OCH3 is 1. The van der Waals surface area contributed by atoms with Crippen LogP contribution in [0.2, 0.25) is 0 Å². The van der Waals surface area contributed by atoms with Gasteiger partial charge in [0.25, 0.3) is 0 Å². The van der Waals surface area contributed by atoms with Crippen molar-refractivity contribution >= 4 is 11.7 Å². The van der Waals surface area contributed by atoms with Crippen molar-refractivity contribution in [3.8, 4) is 0 Å². The Morgan fingerprint density at radius 3 is 3.08 bits per heavy atom. The molecule has 25 heavy (non-hydrogen) atoms. The van der Waals surface area contributed by atoms with E-state index in [0.717, 1.165) is 5.82 Å². The highest BCUT2D eigenvalue weighted by molar-refractivity contribution is 5.77. The largest absolute Gasteiger partial charge is 0.383 e. The number of aromatic nitrogens is 2. The lowest BCUT2D eigenvalue weighted by atomic mass is 10.0. The van der Waals surface area contributed by atoms with Crippen molar-refractivity contribution in [1.82, 2.24) is 14.9 Å². The number of carbonyl (C=O) groups excluding carboxylic acids is 1. The lowest BCUT2D eigenvalue weighted by Gasteiger charge is -2.35. The maximum atomic E-state index is 12.8. The minimum atomic E-state index is -0.202. The van der Waals surface area contributed by atoms with E-state index >= 15 is 0 Å². The summed E-state index contributed by atoms with van der Waals surface area (Å²) in [5.74, 6) is 2.14. The molecule has 1 aromatic heterocycles. The molecular weight excluding hydrogens is 320 g/mol. The molecule has 2 fully saturated rings. The van der Waals surface area contributed by atoms with Crippen molar-refractivity contribution in [2.75, 3.05) is 45.3 Å². The van der Waals surface area contributed by atoms with E-state index in [1.807, 2.05) is 11.0 Å². The van der Waals surface area contributed by atoms with Crippen LogP contribution in [0.4, 0.5) is 5.82 Å². The van der Waals surface area contributed by atoms with Gasteiger partial charge in [0.15, 0.2) is 5.82 Å². The molecule has 0 bridgehead atoms. The molecule has 1 aliphatic heterocycles. The first-order valence-electron chi connectivity index (χ1n) is 9.21. The molecule has 138 valence electrons. The molecule has 1 amide bonds. The number of anilines is 1. The van der Waals surface area contributed by atoms with Gasteiger partial charge in [-0.05, 0) is 24.8 Å². The number of carbonyl (C=O) groups is 1. The van der Waals surface area contributed by atoms with Crippen LogP contribution < -0.4 is 5.32 Å². The van der Waals surface area contributed by atoms with Crippen LogP contribution in [-0.2, 0) is 14.3 Å². The van der Waals surface area contributed by atoms with Gasteiger partial charge < -0.3 is 19.7 Å². The third-order valence-corrected chi connectivity index (χ3v) is 4.97. The fourth-order valence-electron chi connectivity index (χ4n) is 3.61. The summed E-state index contributed by atoms with van der Waals surface area (Å²) in [6, 6.07) is 1.62.